The topological polar surface area (TPSA) is 243 Å². The van der Waals surface area contributed by atoms with Gasteiger partial charge in [-0.2, -0.15) is 0 Å². The first-order valence-electron chi connectivity index (χ1n) is 9.25. The van der Waals surface area contributed by atoms with E-state index in [2.05, 4.69) is 25.9 Å². The van der Waals surface area contributed by atoms with E-state index < -0.39 is 66.3 Å². The largest absolute Gasteiger partial charge is 0.480 e. The lowest BCUT2D eigenvalue weighted by molar-refractivity contribution is -0.143. The lowest BCUT2D eigenvalue weighted by Crippen LogP contribution is -2.58. The molecule has 5 unspecified atom stereocenters. The van der Waals surface area contributed by atoms with Crippen LogP contribution in [0.25, 0.3) is 0 Å². The molecule has 10 N–H and O–H groups in total. The number of aromatic nitrogens is 2. The van der Waals surface area contributed by atoms with Gasteiger partial charge in [-0.25, -0.2) is 9.78 Å². The summed E-state index contributed by atoms with van der Waals surface area (Å²) in [5, 5.41) is 25.4. The summed E-state index contributed by atoms with van der Waals surface area (Å²) in [5.41, 5.74) is 11.0. The Morgan fingerprint density at radius 1 is 1.06 bits per heavy atom. The minimum Gasteiger partial charge on any atom is -0.480 e. The van der Waals surface area contributed by atoms with Gasteiger partial charge in [0.05, 0.1) is 18.9 Å². The van der Waals surface area contributed by atoms with Crippen molar-refractivity contribution in [2.45, 2.75) is 57.0 Å². The molecular weight excluding hydrogens is 414 g/mol. The number of carbonyl (C=O) groups excluding carboxylic acids is 4. The van der Waals surface area contributed by atoms with Gasteiger partial charge in [0.1, 0.15) is 24.2 Å². The molecule has 1 aromatic rings. The number of nitrogens with two attached hydrogens (primary N) is 2. The molecule has 1 aromatic heterocycles. The Bertz CT molecular complexity index is 797. The van der Waals surface area contributed by atoms with Crippen molar-refractivity contribution in [3.8, 4) is 0 Å². The van der Waals surface area contributed by atoms with Gasteiger partial charge >= 0.3 is 5.97 Å². The smallest absolute Gasteiger partial charge is 0.326 e. The zero-order chi connectivity index (χ0) is 23.7. The third-order valence-electron chi connectivity index (χ3n) is 4.21. The molecule has 172 valence electrons. The summed E-state index contributed by atoms with van der Waals surface area (Å²) >= 11 is 0. The zero-order valence-electron chi connectivity index (χ0n) is 17.0. The van der Waals surface area contributed by atoms with Crippen LogP contribution in [0.4, 0.5) is 0 Å². The Morgan fingerprint density at radius 2 is 1.68 bits per heavy atom. The second kappa shape index (κ2) is 11.6. The number of carboxylic acids is 1. The summed E-state index contributed by atoms with van der Waals surface area (Å²) in [6.45, 7) is 2.60. The summed E-state index contributed by atoms with van der Waals surface area (Å²) < 4.78 is 0. The minimum absolute atomic E-state index is 0.0299. The van der Waals surface area contributed by atoms with Gasteiger partial charge in [-0.05, 0) is 13.8 Å². The molecule has 5 atom stereocenters. The van der Waals surface area contributed by atoms with Crippen molar-refractivity contribution in [1.29, 1.82) is 0 Å². The SMILES string of the molecule is CC(NC(=O)C(Cc1cnc[nH]1)NC(=O)C(N)C(C)O)C(=O)NC(CC(N)=O)C(=O)O. The lowest BCUT2D eigenvalue weighted by Gasteiger charge is -2.23. The number of aliphatic hydroxyl groups excluding tert-OH is 1. The van der Waals surface area contributed by atoms with Crippen LogP contribution < -0.4 is 27.4 Å². The molecular formula is C17H27N7O7. The highest BCUT2D eigenvalue weighted by Gasteiger charge is 2.30. The number of rotatable bonds is 12. The highest BCUT2D eigenvalue weighted by molar-refractivity contribution is 5.94. The number of imidazole rings is 1. The van der Waals surface area contributed by atoms with Crippen LogP contribution in [0, 0.1) is 0 Å². The molecule has 1 heterocycles. The van der Waals surface area contributed by atoms with E-state index in [4.69, 9.17) is 16.6 Å². The fraction of sp³-hybridized carbons (Fsp3) is 0.529. The fourth-order valence-electron chi connectivity index (χ4n) is 2.39. The number of carboxylic acid groups (broad SMARTS) is 1. The maximum Gasteiger partial charge on any atom is 0.326 e. The van der Waals surface area contributed by atoms with Gasteiger partial charge in [0.25, 0.3) is 0 Å². The van der Waals surface area contributed by atoms with E-state index in [0.29, 0.717) is 5.69 Å². The van der Waals surface area contributed by atoms with Gasteiger partial charge in [-0.15, -0.1) is 0 Å². The second-order valence-corrected chi connectivity index (χ2v) is 6.91. The van der Waals surface area contributed by atoms with Crippen molar-refractivity contribution in [3.63, 3.8) is 0 Å². The summed E-state index contributed by atoms with van der Waals surface area (Å²) in [6.07, 6.45) is 0.973. The average Bonchev–Trinajstić information content (AvgIpc) is 3.18. The summed E-state index contributed by atoms with van der Waals surface area (Å²) in [7, 11) is 0. The maximum absolute atomic E-state index is 12.7. The molecule has 0 bridgehead atoms. The zero-order valence-corrected chi connectivity index (χ0v) is 17.0. The van der Waals surface area contributed by atoms with Gasteiger partial charge < -0.3 is 42.6 Å². The predicted octanol–water partition coefficient (Wildman–Crippen LogP) is -3.91. The quantitative estimate of drug-likeness (QED) is 0.158. The molecule has 0 aromatic carbocycles. The number of aromatic amines is 1. The number of aliphatic hydroxyl groups is 1. The molecule has 0 aliphatic heterocycles. The van der Waals surface area contributed by atoms with Gasteiger partial charge in [-0.1, -0.05) is 0 Å². The molecule has 0 radical (unpaired) electrons. The molecule has 14 heteroatoms. The Hall–Kier alpha value is -3.52. The number of primary amides is 1. The highest BCUT2D eigenvalue weighted by atomic mass is 16.4. The molecule has 1 rings (SSSR count). The molecule has 0 aliphatic rings. The first kappa shape index (κ1) is 25.5. The van der Waals surface area contributed by atoms with E-state index in [1.54, 1.807) is 0 Å². The second-order valence-electron chi connectivity index (χ2n) is 6.91. The van der Waals surface area contributed by atoms with Crippen molar-refractivity contribution < 1.29 is 34.2 Å². The van der Waals surface area contributed by atoms with E-state index >= 15 is 0 Å². The molecule has 0 saturated carbocycles. The van der Waals surface area contributed by atoms with Gasteiger partial charge in [0, 0.05) is 18.3 Å². The van der Waals surface area contributed by atoms with E-state index in [-0.39, 0.29) is 6.42 Å². The number of aliphatic carboxylic acids is 1. The Balaban J connectivity index is 2.85. The van der Waals surface area contributed by atoms with Crippen molar-refractivity contribution in [2.75, 3.05) is 0 Å². The molecule has 31 heavy (non-hydrogen) atoms. The summed E-state index contributed by atoms with van der Waals surface area (Å²) in [4.78, 5) is 65.8. The molecule has 0 aliphatic carbocycles. The number of nitrogens with zero attached hydrogens (tertiary/aromatic N) is 1. The Morgan fingerprint density at radius 3 is 2.16 bits per heavy atom. The van der Waals surface area contributed by atoms with Crippen LogP contribution >= 0.6 is 0 Å². The van der Waals surface area contributed by atoms with Crippen molar-refractivity contribution in [1.82, 2.24) is 25.9 Å². The van der Waals surface area contributed by atoms with Gasteiger partial charge in [0.2, 0.25) is 23.6 Å². The number of amides is 4. The van der Waals surface area contributed by atoms with Crippen LogP contribution in [-0.2, 0) is 30.4 Å². The summed E-state index contributed by atoms with van der Waals surface area (Å²) in [5.74, 6) is -4.85. The molecule has 0 fully saturated rings. The van der Waals surface area contributed by atoms with Crippen molar-refractivity contribution in [3.05, 3.63) is 18.2 Å². The van der Waals surface area contributed by atoms with E-state index in [1.807, 2.05) is 0 Å². The minimum atomic E-state index is -1.56. The van der Waals surface area contributed by atoms with Crippen molar-refractivity contribution >= 4 is 29.6 Å². The lowest BCUT2D eigenvalue weighted by atomic mass is 10.1. The molecule has 14 nitrogen and oxygen atoms in total. The molecule has 0 saturated heterocycles. The Kier molecular flexibility index (Phi) is 9.56. The number of hydrogen-bond donors (Lipinski definition) is 8. The maximum atomic E-state index is 12.7. The van der Waals surface area contributed by atoms with E-state index in [9.17, 15) is 29.1 Å². The van der Waals surface area contributed by atoms with E-state index in [0.717, 1.165) is 0 Å². The van der Waals surface area contributed by atoms with Gasteiger partial charge in [-0.3, -0.25) is 19.2 Å². The average molecular weight is 441 g/mol. The predicted molar refractivity (Wildman–Crippen MR) is 105 cm³/mol. The number of hydrogen-bond acceptors (Lipinski definition) is 8. The summed E-state index contributed by atoms with van der Waals surface area (Å²) in [6, 6.07) is -5.25. The molecule has 4 amide bonds. The van der Waals surface area contributed by atoms with Crippen LogP contribution in [-0.4, -0.2) is 80.1 Å². The van der Waals surface area contributed by atoms with Crippen LogP contribution in [0.5, 0.6) is 0 Å². The Labute approximate surface area is 177 Å². The highest BCUT2D eigenvalue weighted by Crippen LogP contribution is 2.02. The standard InChI is InChI=1S/C17H27N7O7/c1-7(14(27)24-11(17(30)31)4-12(18)26)22-15(28)10(3-9-5-20-6-21-9)23-16(29)13(19)8(2)25/h5-8,10-11,13,25H,3-4,19H2,1-2H3,(H2,18,26)(H,20,21)(H,22,28)(H,23,29)(H,24,27)(H,30,31). The van der Waals surface area contributed by atoms with Crippen LogP contribution in [0.2, 0.25) is 0 Å². The van der Waals surface area contributed by atoms with Crippen LogP contribution in [0.3, 0.4) is 0 Å². The third-order valence-corrected chi connectivity index (χ3v) is 4.21. The third kappa shape index (κ3) is 8.39. The van der Waals surface area contributed by atoms with E-state index in [1.165, 1.54) is 26.4 Å². The van der Waals surface area contributed by atoms with Gasteiger partial charge in [0.15, 0.2) is 0 Å². The first-order chi connectivity index (χ1) is 14.4. The number of H-pyrrole nitrogens is 1. The number of nitrogens with one attached hydrogen (secondary N) is 4. The fourth-order valence-corrected chi connectivity index (χ4v) is 2.39. The van der Waals surface area contributed by atoms with Crippen LogP contribution in [0.15, 0.2) is 12.5 Å². The normalized spacial score (nSPS) is 15.6. The first-order valence-corrected chi connectivity index (χ1v) is 9.25. The number of carbonyl (C=O) groups is 5. The monoisotopic (exact) mass is 441 g/mol. The van der Waals surface area contributed by atoms with Crippen LogP contribution in [0.1, 0.15) is 26.0 Å². The van der Waals surface area contributed by atoms with Crippen molar-refractivity contribution in [2.24, 2.45) is 11.5 Å². The molecule has 0 spiro atoms.